The van der Waals surface area contributed by atoms with Gasteiger partial charge in [0.1, 0.15) is 17.6 Å². The molecule has 1 aromatic heterocycles. The number of anilines is 3. The van der Waals surface area contributed by atoms with E-state index in [9.17, 15) is 14.4 Å². The maximum atomic E-state index is 13.6. The predicted molar refractivity (Wildman–Crippen MR) is 129 cm³/mol. The summed E-state index contributed by atoms with van der Waals surface area (Å²) in [5, 5.41) is 16.3. The molecule has 3 aromatic rings. The zero-order valence-electron chi connectivity index (χ0n) is 18.9. The number of nitriles is 1. The van der Waals surface area contributed by atoms with Crippen LogP contribution >= 0.6 is 11.6 Å². The summed E-state index contributed by atoms with van der Waals surface area (Å²) in [7, 11) is 3.82. The molecule has 33 heavy (non-hydrogen) atoms. The van der Waals surface area contributed by atoms with E-state index in [4.69, 9.17) is 16.3 Å². The van der Waals surface area contributed by atoms with Crippen LogP contribution in [0.2, 0.25) is 5.02 Å². The Labute approximate surface area is 197 Å². The highest BCUT2D eigenvalue weighted by Gasteiger charge is 2.17. The molecule has 1 atom stereocenters. The van der Waals surface area contributed by atoms with Crippen molar-refractivity contribution in [3.63, 3.8) is 0 Å². The number of pyridine rings is 1. The van der Waals surface area contributed by atoms with Gasteiger partial charge in [-0.05, 0) is 52.2 Å². The van der Waals surface area contributed by atoms with E-state index in [1.165, 1.54) is 24.4 Å². The first-order valence-electron chi connectivity index (χ1n) is 10.4. The molecule has 3 rings (SSSR count). The van der Waals surface area contributed by atoms with E-state index < -0.39 is 5.82 Å². The summed E-state index contributed by atoms with van der Waals surface area (Å²) in [6.45, 7) is 4.21. The number of halogens is 2. The number of hydrogen-bond acceptors (Lipinski definition) is 6. The first-order chi connectivity index (χ1) is 15.7. The number of rotatable bonds is 8. The quantitative estimate of drug-likeness (QED) is 0.464. The topological polar surface area (TPSA) is 90.3 Å². The molecule has 0 saturated heterocycles. The summed E-state index contributed by atoms with van der Waals surface area (Å²) in [4.78, 5) is 19.0. The van der Waals surface area contributed by atoms with Gasteiger partial charge in [-0.15, -0.1) is 0 Å². The van der Waals surface area contributed by atoms with Crippen molar-refractivity contribution in [1.29, 1.82) is 5.26 Å². The van der Waals surface area contributed by atoms with Gasteiger partial charge in [-0.2, -0.15) is 5.26 Å². The van der Waals surface area contributed by atoms with Gasteiger partial charge in [0.15, 0.2) is 0 Å². The number of aromatic nitrogens is 1. The van der Waals surface area contributed by atoms with Gasteiger partial charge in [0.05, 0.1) is 34.1 Å². The minimum Gasteiger partial charge on any atom is -0.492 e. The van der Waals surface area contributed by atoms with Crippen LogP contribution in [0, 0.1) is 17.1 Å². The van der Waals surface area contributed by atoms with Gasteiger partial charge in [0.2, 0.25) is 5.91 Å². The lowest BCUT2D eigenvalue weighted by Crippen LogP contribution is -2.29. The normalized spacial score (nSPS) is 11.8. The number of amides is 1. The fraction of sp³-hybridized carbons (Fsp3) is 0.292. The van der Waals surface area contributed by atoms with Gasteiger partial charge in [-0.3, -0.25) is 9.78 Å². The Bertz CT molecular complexity index is 1230. The minimum absolute atomic E-state index is 0.0431. The molecule has 0 spiro atoms. The van der Waals surface area contributed by atoms with Crippen molar-refractivity contribution in [1.82, 2.24) is 9.88 Å². The molecule has 2 aromatic carbocycles. The summed E-state index contributed by atoms with van der Waals surface area (Å²) < 4.78 is 19.3. The summed E-state index contributed by atoms with van der Waals surface area (Å²) in [5.74, 6) is -0.231. The molecule has 0 radical (unpaired) electrons. The fourth-order valence-electron chi connectivity index (χ4n) is 3.18. The first-order valence-corrected chi connectivity index (χ1v) is 10.8. The molecule has 9 heteroatoms. The van der Waals surface area contributed by atoms with Crippen molar-refractivity contribution in [2.75, 3.05) is 31.3 Å². The minimum atomic E-state index is -0.541. The Hall–Kier alpha value is -3.41. The largest absolute Gasteiger partial charge is 0.492 e. The molecule has 0 aliphatic carbocycles. The van der Waals surface area contributed by atoms with Crippen molar-refractivity contribution < 1.29 is 13.9 Å². The standard InChI is InChI=1S/C24H25ClFN5O2/c1-5-33-22-11-20-17(10-21(22)30-23(32)8-14(2)31(3)4)24(15(12-27)13-28-20)29-16-6-7-19(26)18(25)9-16/h6-7,9-11,13-14H,5,8H2,1-4H3,(H,28,29)(H,30,32). The lowest BCUT2D eigenvalue weighted by molar-refractivity contribution is -0.117. The van der Waals surface area contributed by atoms with E-state index in [2.05, 4.69) is 21.7 Å². The Morgan fingerprint density at radius 2 is 2.09 bits per heavy atom. The molecule has 0 aliphatic heterocycles. The molecule has 0 saturated carbocycles. The molecule has 1 heterocycles. The summed E-state index contributed by atoms with van der Waals surface area (Å²) >= 11 is 5.91. The third-order valence-corrected chi connectivity index (χ3v) is 5.50. The zero-order chi connectivity index (χ0) is 24.1. The number of carbonyl (C=O) groups is 1. The molecule has 2 N–H and O–H groups in total. The van der Waals surface area contributed by atoms with Crippen LogP contribution < -0.4 is 15.4 Å². The lowest BCUT2D eigenvalue weighted by Gasteiger charge is -2.20. The number of ether oxygens (including phenoxy) is 1. The van der Waals surface area contributed by atoms with Gasteiger partial charge in [0.25, 0.3) is 0 Å². The monoisotopic (exact) mass is 469 g/mol. The van der Waals surface area contributed by atoms with Crippen molar-refractivity contribution in [2.24, 2.45) is 0 Å². The van der Waals surface area contributed by atoms with E-state index in [1.54, 1.807) is 12.1 Å². The van der Waals surface area contributed by atoms with Crippen LogP contribution in [-0.2, 0) is 4.79 Å². The third kappa shape index (κ3) is 5.69. The van der Waals surface area contributed by atoms with Crippen molar-refractivity contribution >= 4 is 45.5 Å². The molecule has 172 valence electrons. The van der Waals surface area contributed by atoms with E-state index in [0.717, 1.165) is 0 Å². The first kappa shape index (κ1) is 24.2. The highest BCUT2D eigenvalue weighted by Crippen LogP contribution is 2.36. The van der Waals surface area contributed by atoms with Crippen LogP contribution in [0.5, 0.6) is 5.75 Å². The Morgan fingerprint density at radius 3 is 2.73 bits per heavy atom. The molecular formula is C24H25ClFN5O2. The predicted octanol–water partition coefficient (Wildman–Crippen LogP) is 5.32. The van der Waals surface area contributed by atoms with Crippen molar-refractivity contribution in [3.05, 3.63) is 52.9 Å². The average Bonchev–Trinajstić information content (AvgIpc) is 2.77. The zero-order valence-corrected chi connectivity index (χ0v) is 19.6. The van der Waals surface area contributed by atoms with Gasteiger partial charge >= 0.3 is 0 Å². The molecule has 1 amide bonds. The second-order valence-electron chi connectivity index (χ2n) is 7.78. The highest BCUT2D eigenvalue weighted by atomic mass is 35.5. The van der Waals surface area contributed by atoms with Crippen LogP contribution in [0.4, 0.5) is 21.5 Å². The summed E-state index contributed by atoms with van der Waals surface area (Å²) in [6, 6.07) is 9.80. The van der Waals surface area contributed by atoms with Crippen LogP contribution in [0.25, 0.3) is 10.9 Å². The second-order valence-corrected chi connectivity index (χ2v) is 8.18. The van der Waals surface area contributed by atoms with E-state index in [-0.39, 0.29) is 22.5 Å². The van der Waals surface area contributed by atoms with Gasteiger partial charge in [-0.25, -0.2) is 4.39 Å². The van der Waals surface area contributed by atoms with Crippen molar-refractivity contribution in [2.45, 2.75) is 26.3 Å². The number of benzene rings is 2. The third-order valence-electron chi connectivity index (χ3n) is 5.21. The molecule has 0 bridgehead atoms. The molecule has 1 unspecified atom stereocenters. The van der Waals surface area contributed by atoms with E-state index in [0.29, 0.717) is 46.7 Å². The Kier molecular flexibility index (Phi) is 7.69. The van der Waals surface area contributed by atoms with E-state index in [1.807, 2.05) is 32.8 Å². The van der Waals surface area contributed by atoms with Crippen molar-refractivity contribution in [3.8, 4) is 11.8 Å². The molecule has 7 nitrogen and oxygen atoms in total. The van der Waals surface area contributed by atoms with Crippen LogP contribution in [0.1, 0.15) is 25.8 Å². The maximum Gasteiger partial charge on any atom is 0.226 e. The maximum absolute atomic E-state index is 13.6. The van der Waals surface area contributed by atoms with E-state index >= 15 is 0 Å². The molecule has 0 fully saturated rings. The van der Waals surface area contributed by atoms with Crippen LogP contribution in [-0.4, -0.2) is 42.5 Å². The van der Waals surface area contributed by atoms with Gasteiger partial charge < -0.3 is 20.3 Å². The van der Waals surface area contributed by atoms with Gasteiger partial charge in [0, 0.05) is 35.8 Å². The van der Waals surface area contributed by atoms with Gasteiger partial charge in [-0.1, -0.05) is 11.6 Å². The lowest BCUT2D eigenvalue weighted by atomic mass is 10.1. The smallest absolute Gasteiger partial charge is 0.226 e. The average molecular weight is 470 g/mol. The van der Waals surface area contributed by atoms with Crippen LogP contribution in [0.15, 0.2) is 36.5 Å². The summed E-state index contributed by atoms with van der Waals surface area (Å²) in [5.41, 5.74) is 2.28. The summed E-state index contributed by atoms with van der Waals surface area (Å²) in [6.07, 6.45) is 1.74. The number of hydrogen-bond donors (Lipinski definition) is 2. The fourth-order valence-corrected chi connectivity index (χ4v) is 3.36. The number of nitrogens with one attached hydrogen (secondary N) is 2. The molecular weight excluding hydrogens is 445 g/mol. The number of carbonyl (C=O) groups excluding carboxylic acids is 1. The Balaban J connectivity index is 2.08. The number of fused-ring (bicyclic) bond motifs is 1. The molecule has 0 aliphatic rings. The van der Waals surface area contributed by atoms with Crippen LogP contribution in [0.3, 0.4) is 0 Å². The number of nitrogens with zero attached hydrogens (tertiary/aromatic N) is 3. The second kappa shape index (κ2) is 10.5. The Morgan fingerprint density at radius 1 is 1.33 bits per heavy atom. The SMILES string of the molecule is CCOc1cc2ncc(C#N)c(Nc3ccc(F)c(Cl)c3)c2cc1NC(=O)CC(C)N(C)C. The highest BCUT2D eigenvalue weighted by molar-refractivity contribution is 6.31.